The van der Waals surface area contributed by atoms with Gasteiger partial charge in [-0.2, -0.15) is 0 Å². The van der Waals surface area contributed by atoms with Crippen LogP contribution < -0.4 is 9.47 Å². The first-order chi connectivity index (χ1) is 11.6. The number of aryl methyl sites for hydroxylation is 1. The molecule has 0 saturated heterocycles. The number of imidazole rings is 1. The molecule has 3 aromatic rings. The lowest BCUT2D eigenvalue weighted by atomic mass is 10.1. The summed E-state index contributed by atoms with van der Waals surface area (Å²) in [7, 11) is 0. The molecule has 2 aromatic heterocycles. The van der Waals surface area contributed by atoms with E-state index in [0.29, 0.717) is 28.6 Å². The zero-order valence-electron chi connectivity index (χ0n) is 12.5. The van der Waals surface area contributed by atoms with Crippen molar-refractivity contribution < 1.29 is 19.4 Å². The molecule has 6 nitrogen and oxygen atoms in total. The number of ether oxygens (including phenoxy) is 2. The van der Waals surface area contributed by atoms with E-state index in [9.17, 15) is 4.79 Å². The number of fused-ring (bicyclic) bond motifs is 2. The topological polar surface area (TPSA) is 73.1 Å². The Morgan fingerprint density at radius 2 is 2.08 bits per heavy atom. The van der Waals surface area contributed by atoms with E-state index < -0.39 is 5.97 Å². The second-order valence-electron chi connectivity index (χ2n) is 5.44. The van der Waals surface area contributed by atoms with Crippen LogP contribution in [0.1, 0.15) is 12.1 Å². The molecular formula is C17H13ClN2O4. The minimum Gasteiger partial charge on any atom is -0.481 e. The highest BCUT2D eigenvalue weighted by atomic mass is 35.5. The number of carbonyl (C=O) groups is 1. The summed E-state index contributed by atoms with van der Waals surface area (Å²) in [5.41, 5.74) is 3.08. The number of rotatable bonds is 4. The van der Waals surface area contributed by atoms with Crippen molar-refractivity contribution in [1.82, 2.24) is 9.38 Å². The summed E-state index contributed by atoms with van der Waals surface area (Å²) in [5.74, 6) is 0.494. The average Bonchev–Trinajstić information content (AvgIpc) is 3.15. The molecular weight excluding hydrogens is 332 g/mol. The Balaban J connectivity index is 1.87. The van der Waals surface area contributed by atoms with Crippen molar-refractivity contribution in [2.45, 2.75) is 12.8 Å². The van der Waals surface area contributed by atoms with Gasteiger partial charge in [-0.15, -0.1) is 0 Å². The monoisotopic (exact) mass is 344 g/mol. The first-order valence-electron chi connectivity index (χ1n) is 7.40. The maximum Gasteiger partial charge on any atom is 0.303 e. The van der Waals surface area contributed by atoms with Gasteiger partial charge in [0, 0.05) is 18.2 Å². The van der Waals surface area contributed by atoms with Crippen molar-refractivity contribution >= 4 is 23.2 Å². The molecule has 0 spiro atoms. The molecule has 3 heterocycles. The number of aromatic nitrogens is 2. The third kappa shape index (κ3) is 2.55. The van der Waals surface area contributed by atoms with Gasteiger partial charge >= 0.3 is 5.97 Å². The summed E-state index contributed by atoms with van der Waals surface area (Å²) in [4.78, 5) is 15.6. The number of pyridine rings is 1. The van der Waals surface area contributed by atoms with Crippen molar-refractivity contribution in [1.29, 1.82) is 0 Å². The van der Waals surface area contributed by atoms with Gasteiger partial charge in [-0.3, -0.25) is 4.79 Å². The van der Waals surface area contributed by atoms with Crippen molar-refractivity contribution in [2.75, 3.05) is 6.79 Å². The summed E-state index contributed by atoms with van der Waals surface area (Å²) < 4.78 is 12.6. The highest BCUT2D eigenvalue weighted by Gasteiger charge is 2.19. The SMILES string of the molecule is O=C(O)CCc1c(-c2ccc3c(c2)OCO3)nc2ccc(Cl)cn12. The van der Waals surface area contributed by atoms with Crippen LogP contribution in [0.5, 0.6) is 11.5 Å². The van der Waals surface area contributed by atoms with Crippen molar-refractivity contribution in [3.05, 3.63) is 47.2 Å². The molecule has 122 valence electrons. The van der Waals surface area contributed by atoms with Crippen molar-refractivity contribution in [3.8, 4) is 22.8 Å². The Hall–Kier alpha value is -2.73. The molecule has 1 N–H and O–H groups in total. The van der Waals surface area contributed by atoms with E-state index in [1.807, 2.05) is 28.7 Å². The number of benzene rings is 1. The molecule has 1 aliphatic rings. The normalized spacial score (nSPS) is 12.7. The maximum absolute atomic E-state index is 11.0. The highest BCUT2D eigenvalue weighted by Crippen LogP contribution is 2.37. The Labute approximate surface area is 142 Å². The van der Waals surface area contributed by atoms with Gasteiger partial charge in [-0.1, -0.05) is 11.6 Å². The van der Waals surface area contributed by atoms with Gasteiger partial charge in [0.25, 0.3) is 0 Å². The third-order valence-electron chi connectivity index (χ3n) is 3.90. The predicted octanol–water partition coefficient (Wildman–Crippen LogP) is 3.40. The summed E-state index contributed by atoms with van der Waals surface area (Å²) in [6.45, 7) is 0.200. The zero-order chi connectivity index (χ0) is 16.7. The molecule has 0 fully saturated rings. The van der Waals surface area contributed by atoms with E-state index >= 15 is 0 Å². The molecule has 1 aliphatic heterocycles. The first kappa shape index (κ1) is 14.8. The van der Waals surface area contributed by atoms with Gasteiger partial charge in [-0.25, -0.2) is 4.98 Å². The van der Waals surface area contributed by atoms with Crippen LogP contribution in [0.2, 0.25) is 5.02 Å². The van der Waals surface area contributed by atoms with Gasteiger partial charge in [0.05, 0.1) is 22.8 Å². The molecule has 0 radical (unpaired) electrons. The zero-order valence-corrected chi connectivity index (χ0v) is 13.3. The van der Waals surface area contributed by atoms with E-state index in [0.717, 1.165) is 17.0 Å². The molecule has 0 atom stereocenters. The lowest BCUT2D eigenvalue weighted by Crippen LogP contribution is -2.01. The second kappa shape index (κ2) is 5.72. The first-order valence-corrected chi connectivity index (χ1v) is 7.78. The van der Waals surface area contributed by atoms with E-state index in [1.165, 1.54) is 0 Å². The number of aliphatic carboxylic acids is 1. The van der Waals surface area contributed by atoms with Gasteiger partial charge in [-0.05, 0) is 30.3 Å². The number of halogens is 1. The molecule has 1 aromatic carbocycles. The molecule has 4 rings (SSSR count). The van der Waals surface area contributed by atoms with Crippen LogP contribution in [0.15, 0.2) is 36.5 Å². The highest BCUT2D eigenvalue weighted by molar-refractivity contribution is 6.30. The number of nitrogens with zero attached hydrogens (tertiary/aromatic N) is 2. The molecule has 0 aliphatic carbocycles. The number of hydrogen-bond donors (Lipinski definition) is 1. The Morgan fingerprint density at radius 1 is 1.25 bits per heavy atom. The second-order valence-corrected chi connectivity index (χ2v) is 5.88. The number of carboxylic acids is 1. The Morgan fingerprint density at radius 3 is 2.92 bits per heavy atom. The molecule has 0 saturated carbocycles. The van der Waals surface area contributed by atoms with E-state index in [4.69, 9.17) is 26.2 Å². The molecule has 0 bridgehead atoms. The van der Waals surface area contributed by atoms with Gasteiger partial charge in [0.15, 0.2) is 11.5 Å². The molecule has 24 heavy (non-hydrogen) atoms. The van der Waals surface area contributed by atoms with Gasteiger partial charge in [0.1, 0.15) is 5.65 Å². The minimum absolute atomic E-state index is 0.0118. The van der Waals surface area contributed by atoms with Crippen LogP contribution in [-0.2, 0) is 11.2 Å². The van der Waals surface area contributed by atoms with Crippen LogP contribution in [0.4, 0.5) is 0 Å². The number of carboxylic acid groups (broad SMARTS) is 1. The fraction of sp³-hybridized carbons (Fsp3) is 0.176. The average molecular weight is 345 g/mol. The van der Waals surface area contributed by atoms with E-state index in [2.05, 4.69) is 4.98 Å². The van der Waals surface area contributed by atoms with E-state index in [1.54, 1.807) is 12.3 Å². The fourth-order valence-electron chi connectivity index (χ4n) is 2.81. The van der Waals surface area contributed by atoms with Crippen LogP contribution >= 0.6 is 11.6 Å². The summed E-state index contributed by atoms with van der Waals surface area (Å²) in [5, 5.41) is 9.60. The third-order valence-corrected chi connectivity index (χ3v) is 4.13. The maximum atomic E-state index is 11.0. The molecule has 7 heteroatoms. The van der Waals surface area contributed by atoms with Crippen LogP contribution in [0.25, 0.3) is 16.9 Å². The molecule has 0 unspecified atom stereocenters. The van der Waals surface area contributed by atoms with Crippen LogP contribution in [0.3, 0.4) is 0 Å². The fourth-order valence-corrected chi connectivity index (χ4v) is 2.97. The van der Waals surface area contributed by atoms with Gasteiger partial charge in [0.2, 0.25) is 6.79 Å². The largest absolute Gasteiger partial charge is 0.481 e. The van der Waals surface area contributed by atoms with Crippen molar-refractivity contribution in [2.24, 2.45) is 0 Å². The van der Waals surface area contributed by atoms with Crippen molar-refractivity contribution in [3.63, 3.8) is 0 Å². The van der Waals surface area contributed by atoms with Crippen LogP contribution in [-0.4, -0.2) is 27.3 Å². The number of hydrogen-bond acceptors (Lipinski definition) is 4. The predicted molar refractivity (Wildman–Crippen MR) is 87.7 cm³/mol. The lowest BCUT2D eigenvalue weighted by molar-refractivity contribution is -0.136. The summed E-state index contributed by atoms with van der Waals surface area (Å²) in [6.07, 6.45) is 2.11. The van der Waals surface area contributed by atoms with Gasteiger partial charge < -0.3 is 19.0 Å². The molecule has 0 amide bonds. The summed E-state index contributed by atoms with van der Waals surface area (Å²) >= 11 is 6.08. The smallest absolute Gasteiger partial charge is 0.303 e. The summed E-state index contributed by atoms with van der Waals surface area (Å²) in [6, 6.07) is 9.14. The lowest BCUT2D eigenvalue weighted by Gasteiger charge is -2.05. The van der Waals surface area contributed by atoms with E-state index in [-0.39, 0.29) is 13.2 Å². The van der Waals surface area contributed by atoms with Crippen LogP contribution in [0, 0.1) is 0 Å². The Bertz CT molecular complexity index is 951. The standard InChI is InChI=1S/C17H13ClN2O4/c18-11-2-5-15-19-17(12(20(15)8-11)3-6-16(21)22)10-1-4-13-14(7-10)24-9-23-13/h1-2,4-5,7-8H,3,6,9H2,(H,21,22). The quantitative estimate of drug-likeness (QED) is 0.785. The minimum atomic E-state index is -0.858. The Kier molecular flexibility index (Phi) is 3.54.